The second kappa shape index (κ2) is 6.10. The maximum Gasteiger partial charge on any atom is 0.123 e. The van der Waals surface area contributed by atoms with Gasteiger partial charge in [-0.05, 0) is 43.1 Å². The van der Waals surface area contributed by atoms with Crippen LogP contribution in [0.1, 0.15) is 13.3 Å². The number of hydrogen-bond acceptors (Lipinski definition) is 3. The average Bonchev–Trinajstić information content (AvgIpc) is 2.49. The SMILES string of the molecule is CC1CCNCC1N1CCN(c2ccc(F)cc2)CC1. The van der Waals surface area contributed by atoms with Crippen molar-refractivity contribution >= 4 is 5.69 Å². The zero-order valence-corrected chi connectivity index (χ0v) is 12.2. The van der Waals surface area contributed by atoms with E-state index in [1.165, 1.54) is 6.42 Å². The Morgan fingerprint density at radius 2 is 1.80 bits per heavy atom. The Bertz CT molecular complexity index is 426. The molecule has 2 aliphatic rings. The maximum absolute atomic E-state index is 13.0. The molecule has 0 spiro atoms. The fourth-order valence-corrected chi connectivity index (χ4v) is 3.43. The highest BCUT2D eigenvalue weighted by molar-refractivity contribution is 5.46. The lowest BCUT2D eigenvalue weighted by Gasteiger charge is -2.44. The Balaban J connectivity index is 1.57. The van der Waals surface area contributed by atoms with E-state index in [1.54, 1.807) is 12.1 Å². The summed E-state index contributed by atoms with van der Waals surface area (Å²) in [6.45, 7) is 8.94. The monoisotopic (exact) mass is 277 g/mol. The predicted molar refractivity (Wildman–Crippen MR) is 80.6 cm³/mol. The quantitative estimate of drug-likeness (QED) is 0.891. The van der Waals surface area contributed by atoms with Gasteiger partial charge in [0.2, 0.25) is 0 Å². The minimum atomic E-state index is -0.158. The van der Waals surface area contributed by atoms with E-state index in [9.17, 15) is 4.39 Å². The van der Waals surface area contributed by atoms with E-state index in [2.05, 4.69) is 22.0 Å². The lowest BCUT2D eigenvalue weighted by Crippen LogP contribution is -2.57. The molecule has 4 heteroatoms. The summed E-state index contributed by atoms with van der Waals surface area (Å²) in [6, 6.07) is 7.55. The molecule has 0 amide bonds. The van der Waals surface area contributed by atoms with Gasteiger partial charge in [0.25, 0.3) is 0 Å². The Morgan fingerprint density at radius 1 is 1.10 bits per heavy atom. The molecule has 2 aliphatic heterocycles. The van der Waals surface area contributed by atoms with Gasteiger partial charge in [0.15, 0.2) is 0 Å². The van der Waals surface area contributed by atoms with E-state index in [1.807, 2.05) is 12.1 Å². The number of benzene rings is 1. The number of halogens is 1. The van der Waals surface area contributed by atoms with E-state index in [0.717, 1.165) is 50.9 Å². The lowest BCUT2D eigenvalue weighted by atomic mass is 9.93. The van der Waals surface area contributed by atoms with Crippen LogP contribution in [0, 0.1) is 11.7 Å². The minimum Gasteiger partial charge on any atom is -0.369 e. The summed E-state index contributed by atoms with van der Waals surface area (Å²) in [7, 11) is 0. The number of hydrogen-bond donors (Lipinski definition) is 1. The molecule has 0 radical (unpaired) electrons. The summed E-state index contributed by atoms with van der Waals surface area (Å²) in [4.78, 5) is 4.98. The van der Waals surface area contributed by atoms with Gasteiger partial charge in [-0.3, -0.25) is 4.90 Å². The molecule has 2 saturated heterocycles. The highest BCUT2D eigenvalue weighted by atomic mass is 19.1. The number of anilines is 1. The molecule has 2 heterocycles. The summed E-state index contributed by atoms with van der Waals surface area (Å²) >= 11 is 0. The van der Waals surface area contributed by atoms with Gasteiger partial charge < -0.3 is 10.2 Å². The maximum atomic E-state index is 13.0. The largest absolute Gasteiger partial charge is 0.369 e. The van der Waals surface area contributed by atoms with Crippen molar-refractivity contribution in [3.05, 3.63) is 30.1 Å². The van der Waals surface area contributed by atoms with Crippen molar-refractivity contribution in [3.63, 3.8) is 0 Å². The summed E-state index contributed by atoms with van der Waals surface area (Å²) in [5.74, 6) is 0.628. The number of piperidine rings is 1. The Kier molecular flexibility index (Phi) is 4.22. The third-order valence-electron chi connectivity index (χ3n) is 4.76. The van der Waals surface area contributed by atoms with Crippen LogP contribution in [-0.4, -0.2) is 50.2 Å². The molecule has 3 nitrogen and oxygen atoms in total. The van der Waals surface area contributed by atoms with E-state index in [-0.39, 0.29) is 5.82 Å². The van der Waals surface area contributed by atoms with Crippen molar-refractivity contribution in [2.24, 2.45) is 5.92 Å². The van der Waals surface area contributed by atoms with Crippen LogP contribution in [0.3, 0.4) is 0 Å². The first-order valence-electron chi connectivity index (χ1n) is 7.69. The molecule has 0 aliphatic carbocycles. The number of rotatable bonds is 2. The second-order valence-corrected chi connectivity index (χ2v) is 6.04. The van der Waals surface area contributed by atoms with Crippen LogP contribution in [-0.2, 0) is 0 Å². The second-order valence-electron chi connectivity index (χ2n) is 6.04. The van der Waals surface area contributed by atoms with Crippen molar-refractivity contribution in [2.75, 3.05) is 44.2 Å². The van der Waals surface area contributed by atoms with Crippen LogP contribution < -0.4 is 10.2 Å². The Labute approximate surface area is 120 Å². The normalized spacial score (nSPS) is 28.6. The van der Waals surface area contributed by atoms with Gasteiger partial charge in [-0.25, -0.2) is 4.39 Å². The average molecular weight is 277 g/mol. The van der Waals surface area contributed by atoms with Gasteiger partial charge in [-0.2, -0.15) is 0 Å². The first kappa shape index (κ1) is 13.8. The van der Waals surface area contributed by atoms with Crippen molar-refractivity contribution in [3.8, 4) is 0 Å². The van der Waals surface area contributed by atoms with Gasteiger partial charge in [0.1, 0.15) is 5.82 Å². The van der Waals surface area contributed by atoms with Crippen molar-refractivity contribution in [1.82, 2.24) is 10.2 Å². The zero-order chi connectivity index (χ0) is 13.9. The van der Waals surface area contributed by atoms with Crippen LogP contribution in [0.5, 0.6) is 0 Å². The minimum absolute atomic E-state index is 0.158. The number of piperazine rings is 1. The molecule has 1 aromatic rings. The van der Waals surface area contributed by atoms with Crippen LogP contribution in [0.15, 0.2) is 24.3 Å². The van der Waals surface area contributed by atoms with Crippen molar-refractivity contribution in [2.45, 2.75) is 19.4 Å². The molecule has 1 N–H and O–H groups in total. The molecule has 2 unspecified atom stereocenters. The summed E-state index contributed by atoms with van der Waals surface area (Å²) < 4.78 is 13.0. The lowest BCUT2D eigenvalue weighted by molar-refractivity contribution is 0.116. The summed E-state index contributed by atoms with van der Waals surface area (Å²) in [6.07, 6.45) is 1.28. The van der Waals surface area contributed by atoms with Gasteiger partial charge in [-0.15, -0.1) is 0 Å². The zero-order valence-electron chi connectivity index (χ0n) is 12.2. The van der Waals surface area contributed by atoms with Crippen molar-refractivity contribution < 1.29 is 4.39 Å². The molecule has 110 valence electrons. The molecule has 3 rings (SSSR count). The van der Waals surface area contributed by atoms with Crippen LogP contribution in [0.4, 0.5) is 10.1 Å². The van der Waals surface area contributed by atoms with E-state index < -0.39 is 0 Å². The van der Waals surface area contributed by atoms with Gasteiger partial charge in [-0.1, -0.05) is 6.92 Å². The predicted octanol–water partition coefficient (Wildman–Crippen LogP) is 1.95. The standard InChI is InChI=1S/C16H24FN3/c1-13-6-7-18-12-16(13)20-10-8-19(9-11-20)15-4-2-14(17)3-5-15/h2-5,13,16,18H,6-12H2,1H3. The fraction of sp³-hybridized carbons (Fsp3) is 0.625. The molecule has 1 aromatic carbocycles. The smallest absolute Gasteiger partial charge is 0.123 e. The third-order valence-corrected chi connectivity index (χ3v) is 4.76. The molecular formula is C16H24FN3. The first-order chi connectivity index (χ1) is 9.74. The molecular weight excluding hydrogens is 253 g/mol. The van der Waals surface area contributed by atoms with Crippen molar-refractivity contribution in [1.29, 1.82) is 0 Å². The molecule has 0 saturated carbocycles. The van der Waals surface area contributed by atoms with E-state index in [4.69, 9.17) is 0 Å². The van der Waals surface area contributed by atoms with Gasteiger partial charge in [0.05, 0.1) is 0 Å². The number of nitrogens with zero attached hydrogens (tertiary/aromatic N) is 2. The van der Waals surface area contributed by atoms with Crippen LogP contribution in [0.25, 0.3) is 0 Å². The van der Waals surface area contributed by atoms with Crippen LogP contribution in [0.2, 0.25) is 0 Å². The van der Waals surface area contributed by atoms with Gasteiger partial charge in [0, 0.05) is 44.5 Å². The number of nitrogens with one attached hydrogen (secondary N) is 1. The highest BCUT2D eigenvalue weighted by Crippen LogP contribution is 2.22. The summed E-state index contributed by atoms with van der Waals surface area (Å²) in [5.41, 5.74) is 1.14. The third kappa shape index (κ3) is 2.96. The molecule has 2 atom stereocenters. The molecule has 20 heavy (non-hydrogen) atoms. The molecule has 2 fully saturated rings. The topological polar surface area (TPSA) is 18.5 Å². The summed E-state index contributed by atoms with van der Waals surface area (Å²) in [5, 5.41) is 3.51. The van der Waals surface area contributed by atoms with E-state index in [0.29, 0.717) is 6.04 Å². The molecule has 0 aromatic heterocycles. The van der Waals surface area contributed by atoms with E-state index >= 15 is 0 Å². The molecule has 0 bridgehead atoms. The Hall–Kier alpha value is -1.13. The van der Waals surface area contributed by atoms with Gasteiger partial charge >= 0.3 is 0 Å². The highest BCUT2D eigenvalue weighted by Gasteiger charge is 2.29. The first-order valence-corrected chi connectivity index (χ1v) is 7.69. The Morgan fingerprint density at radius 3 is 2.45 bits per heavy atom. The fourth-order valence-electron chi connectivity index (χ4n) is 3.43. The van der Waals surface area contributed by atoms with Crippen LogP contribution >= 0.6 is 0 Å².